The summed E-state index contributed by atoms with van der Waals surface area (Å²) in [6.45, 7) is 2.42. The molecule has 1 aromatic rings. The number of hydrogen-bond donors (Lipinski definition) is 2. The minimum atomic E-state index is -0.674. The third kappa shape index (κ3) is 2.10. The van der Waals surface area contributed by atoms with Crippen molar-refractivity contribution in [2.45, 2.75) is 24.9 Å². The Morgan fingerprint density at radius 1 is 1.26 bits per heavy atom. The Hall–Kier alpha value is -1.89. The van der Waals surface area contributed by atoms with Crippen molar-refractivity contribution in [1.29, 1.82) is 0 Å². The van der Waals surface area contributed by atoms with Gasteiger partial charge in [0, 0.05) is 12.4 Å². The van der Waals surface area contributed by atoms with Crippen molar-refractivity contribution in [3.8, 4) is 0 Å². The van der Waals surface area contributed by atoms with Crippen LogP contribution in [0.4, 0.5) is 4.79 Å². The van der Waals surface area contributed by atoms with E-state index in [1.54, 1.807) is 10.9 Å². The van der Waals surface area contributed by atoms with E-state index in [4.69, 9.17) is 0 Å². The summed E-state index contributed by atoms with van der Waals surface area (Å²) < 4.78 is 1.72. The zero-order valence-electron chi connectivity index (χ0n) is 10.6. The Balaban J connectivity index is 1.68. The smallest absolute Gasteiger partial charge is 0.323 e. The molecule has 3 amide bonds. The number of imide groups is 1. The van der Waals surface area contributed by atoms with E-state index in [0.717, 1.165) is 13.1 Å². The second kappa shape index (κ2) is 4.65. The van der Waals surface area contributed by atoms with E-state index >= 15 is 0 Å². The molecule has 2 fully saturated rings. The van der Waals surface area contributed by atoms with E-state index in [1.165, 1.54) is 4.90 Å². The van der Waals surface area contributed by atoms with Gasteiger partial charge in [0.05, 0.1) is 13.1 Å². The number of hydrogen-bond acceptors (Lipinski definition) is 4. The number of rotatable bonds is 3. The number of aromatic nitrogens is 2. The summed E-state index contributed by atoms with van der Waals surface area (Å²) in [5, 5.41) is 10.1. The van der Waals surface area contributed by atoms with Gasteiger partial charge in [-0.3, -0.25) is 14.4 Å². The molecule has 0 radical (unpaired) electrons. The van der Waals surface area contributed by atoms with Crippen LogP contribution in [0.2, 0.25) is 0 Å². The van der Waals surface area contributed by atoms with Gasteiger partial charge in [0.25, 0.3) is 5.91 Å². The molecule has 1 aromatic heterocycles. The zero-order valence-corrected chi connectivity index (χ0v) is 10.6. The van der Waals surface area contributed by atoms with Gasteiger partial charge in [-0.2, -0.15) is 5.10 Å². The molecule has 7 nitrogen and oxygen atoms in total. The van der Waals surface area contributed by atoms with Gasteiger partial charge < -0.3 is 10.6 Å². The van der Waals surface area contributed by atoms with Crippen molar-refractivity contribution in [3.63, 3.8) is 0 Å². The van der Waals surface area contributed by atoms with Crippen LogP contribution in [0, 0.1) is 0 Å². The van der Waals surface area contributed by atoms with Crippen molar-refractivity contribution in [2.24, 2.45) is 0 Å². The second-order valence-corrected chi connectivity index (χ2v) is 4.99. The Morgan fingerprint density at radius 2 is 2.05 bits per heavy atom. The summed E-state index contributed by atoms with van der Waals surface area (Å²) >= 11 is 0. The Bertz CT molecular complexity index is 478. The van der Waals surface area contributed by atoms with Crippen LogP contribution in [-0.2, 0) is 11.3 Å². The number of nitrogens with one attached hydrogen (secondary N) is 2. The average Bonchev–Trinajstić information content (AvgIpc) is 2.99. The zero-order chi connectivity index (χ0) is 13.3. The van der Waals surface area contributed by atoms with Crippen LogP contribution in [0.5, 0.6) is 0 Å². The summed E-state index contributed by atoms with van der Waals surface area (Å²) in [5.74, 6) is -0.0915. The van der Waals surface area contributed by atoms with Crippen LogP contribution in [0.15, 0.2) is 18.5 Å². The van der Waals surface area contributed by atoms with Crippen LogP contribution in [-0.4, -0.2) is 51.8 Å². The third-order valence-electron chi connectivity index (χ3n) is 3.81. The van der Waals surface area contributed by atoms with E-state index in [2.05, 4.69) is 15.7 Å². The molecule has 1 spiro atoms. The van der Waals surface area contributed by atoms with Crippen molar-refractivity contribution < 1.29 is 9.59 Å². The highest BCUT2D eigenvalue weighted by Gasteiger charge is 2.51. The van der Waals surface area contributed by atoms with E-state index in [-0.39, 0.29) is 11.9 Å². The van der Waals surface area contributed by atoms with Crippen LogP contribution >= 0.6 is 0 Å². The standard InChI is InChI=1S/C12H17N5O2/c18-10-12(2-5-13-6-3-12)15-11(19)17(10)9-8-16-7-1-4-14-16/h1,4,7,13H,2-3,5-6,8-9H2,(H,15,19). The maximum Gasteiger partial charge on any atom is 0.325 e. The van der Waals surface area contributed by atoms with Gasteiger partial charge in [0.1, 0.15) is 5.54 Å². The van der Waals surface area contributed by atoms with Crippen molar-refractivity contribution in [1.82, 2.24) is 25.3 Å². The van der Waals surface area contributed by atoms with Crippen molar-refractivity contribution in [2.75, 3.05) is 19.6 Å². The topological polar surface area (TPSA) is 79.3 Å². The fourth-order valence-electron chi connectivity index (χ4n) is 2.71. The third-order valence-corrected chi connectivity index (χ3v) is 3.81. The molecule has 0 aliphatic carbocycles. The number of urea groups is 1. The van der Waals surface area contributed by atoms with Gasteiger partial charge in [0.2, 0.25) is 0 Å². The number of nitrogens with zero attached hydrogens (tertiary/aromatic N) is 3. The molecule has 0 atom stereocenters. The molecule has 0 aromatic carbocycles. The molecule has 0 bridgehead atoms. The number of amides is 3. The lowest BCUT2D eigenvalue weighted by molar-refractivity contribution is -0.132. The molecule has 0 saturated carbocycles. The highest BCUT2D eigenvalue weighted by molar-refractivity contribution is 6.07. The molecule has 2 aliphatic rings. The molecule has 2 saturated heterocycles. The van der Waals surface area contributed by atoms with Gasteiger partial charge >= 0.3 is 6.03 Å². The molecule has 102 valence electrons. The maximum absolute atomic E-state index is 12.4. The van der Waals surface area contributed by atoms with Crippen molar-refractivity contribution in [3.05, 3.63) is 18.5 Å². The first-order valence-electron chi connectivity index (χ1n) is 6.54. The summed E-state index contributed by atoms with van der Waals surface area (Å²) in [5.41, 5.74) is -0.674. The summed E-state index contributed by atoms with van der Waals surface area (Å²) in [4.78, 5) is 25.7. The largest absolute Gasteiger partial charge is 0.325 e. The second-order valence-electron chi connectivity index (χ2n) is 4.99. The van der Waals surface area contributed by atoms with Crippen molar-refractivity contribution >= 4 is 11.9 Å². The molecule has 0 unspecified atom stereocenters. The first-order valence-corrected chi connectivity index (χ1v) is 6.54. The van der Waals surface area contributed by atoms with Gasteiger partial charge in [-0.05, 0) is 32.0 Å². The van der Waals surface area contributed by atoms with E-state index in [1.807, 2.05) is 12.3 Å². The fourth-order valence-corrected chi connectivity index (χ4v) is 2.71. The summed E-state index contributed by atoms with van der Waals surface area (Å²) in [6.07, 6.45) is 4.82. The Labute approximate surface area is 110 Å². The van der Waals surface area contributed by atoms with Gasteiger partial charge in [-0.1, -0.05) is 0 Å². The van der Waals surface area contributed by atoms with Crippen LogP contribution in [0.1, 0.15) is 12.8 Å². The van der Waals surface area contributed by atoms with E-state index < -0.39 is 5.54 Å². The molecular formula is C12H17N5O2. The Kier molecular flexibility index (Phi) is 2.98. The maximum atomic E-state index is 12.4. The number of carbonyl (C=O) groups is 2. The SMILES string of the molecule is O=C1NC2(CCNCC2)C(=O)N1CCn1cccn1. The normalized spacial score (nSPS) is 22.0. The van der Waals surface area contributed by atoms with Gasteiger partial charge in [-0.25, -0.2) is 4.79 Å². The summed E-state index contributed by atoms with van der Waals surface area (Å²) in [6, 6.07) is 1.54. The number of carbonyl (C=O) groups excluding carboxylic acids is 2. The molecular weight excluding hydrogens is 246 g/mol. The van der Waals surface area contributed by atoms with Gasteiger partial charge in [-0.15, -0.1) is 0 Å². The quantitative estimate of drug-likeness (QED) is 0.724. The predicted molar refractivity (Wildman–Crippen MR) is 67.3 cm³/mol. The highest BCUT2D eigenvalue weighted by Crippen LogP contribution is 2.26. The monoisotopic (exact) mass is 263 g/mol. The lowest BCUT2D eigenvalue weighted by Crippen LogP contribution is -2.54. The van der Waals surface area contributed by atoms with Gasteiger partial charge in [0.15, 0.2) is 0 Å². The first-order chi connectivity index (χ1) is 9.21. The minimum Gasteiger partial charge on any atom is -0.323 e. The van der Waals surface area contributed by atoms with Crippen LogP contribution in [0.3, 0.4) is 0 Å². The molecule has 2 N–H and O–H groups in total. The lowest BCUT2D eigenvalue weighted by atomic mass is 9.88. The Morgan fingerprint density at radius 3 is 2.74 bits per heavy atom. The molecule has 19 heavy (non-hydrogen) atoms. The van der Waals surface area contributed by atoms with Crippen LogP contribution < -0.4 is 10.6 Å². The molecule has 3 rings (SSSR count). The van der Waals surface area contributed by atoms with Crippen LogP contribution in [0.25, 0.3) is 0 Å². The summed E-state index contributed by atoms with van der Waals surface area (Å²) in [7, 11) is 0. The lowest BCUT2D eigenvalue weighted by Gasteiger charge is -2.31. The fraction of sp³-hybridized carbons (Fsp3) is 0.583. The highest BCUT2D eigenvalue weighted by atomic mass is 16.2. The number of piperidine rings is 1. The van der Waals surface area contributed by atoms with E-state index in [9.17, 15) is 9.59 Å². The minimum absolute atomic E-state index is 0.0915. The molecule has 3 heterocycles. The first kappa shape index (κ1) is 12.2. The van der Waals surface area contributed by atoms with E-state index in [0.29, 0.717) is 25.9 Å². The molecule has 2 aliphatic heterocycles. The predicted octanol–water partition coefficient (Wildman–Crippen LogP) is -0.443. The molecule has 7 heteroatoms. The average molecular weight is 263 g/mol.